The van der Waals surface area contributed by atoms with Crippen LogP contribution in [0.2, 0.25) is 0 Å². The molecular weight excluding hydrogens is 226 g/mol. The fourth-order valence-corrected chi connectivity index (χ4v) is 1.18. The van der Waals surface area contributed by atoms with Gasteiger partial charge < -0.3 is 10.8 Å². The van der Waals surface area contributed by atoms with Crippen molar-refractivity contribution in [1.82, 2.24) is 0 Å². The van der Waals surface area contributed by atoms with E-state index < -0.39 is 23.2 Å². The molecule has 0 aromatic heterocycles. The van der Waals surface area contributed by atoms with Gasteiger partial charge >= 0.3 is 6.18 Å². The van der Waals surface area contributed by atoms with Crippen LogP contribution in [0.1, 0.15) is 18.1 Å². The fraction of sp³-hybridized carbons (Fsp3) is 0.400. The van der Waals surface area contributed by atoms with E-state index in [4.69, 9.17) is 5.73 Å². The summed E-state index contributed by atoms with van der Waals surface area (Å²) in [5.74, 6) is -1.06. The summed E-state index contributed by atoms with van der Waals surface area (Å²) in [6, 6.07) is 1.90. The van der Waals surface area contributed by atoms with Gasteiger partial charge in [-0.25, -0.2) is 4.39 Å². The Bertz CT molecular complexity index is 387. The van der Waals surface area contributed by atoms with E-state index >= 15 is 0 Å². The molecule has 16 heavy (non-hydrogen) atoms. The zero-order valence-corrected chi connectivity index (χ0v) is 8.48. The van der Waals surface area contributed by atoms with Gasteiger partial charge in [-0.15, -0.1) is 0 Å². The SMILES string of the molecule is CC(O)(CN)c1cc(F)cc(C(F)(F)F)c1. The molecule has 0 amide bonds. The van der Waals surface area contributed by atoms with Crippen molar-refractivity contribution in [3.63, 3.8) is 0 Å². The second-order valence-electron chi connectivity index (χ2n) is 3.70. The van der Waals surface area contributed by atoms with E-state index in [1.165, 1.54) is 6.92 Å². The molecular formula is C10H11F4NO. The number of rotatable bonds is 2. The first-order chi connectivity index (χ1) is 7.16. The third-order valence-electron chi connectivity index (χ3n) is 2.24. The predicted molar refractivity (Wildman–Crippen MR) is 50.0 cm³/mol. The molecule has 3 N–H and O–H groups in total. The Kier molecular flexibility index (Phi) is 3.25. The lowest BCUT2D eigenvalue weighted by Crippen LogP contribution is -2.31. The smallest absolute Gasteiger partial charge is 0.384 e. The van der Waals surface area contributed by atoms with Gasteiger partial charge in [0.15, 0.2) is 0 Å². The average Bonchev–Trinajstić information content (AvgIpc) is 2.15. The van der Waals surface area contributed by atoms with E-state index in [2.05, 4.69) is 0 Å². The highest BCUT2D eigenvalue weighted by Crippen LogP contribution is 2.32. The minimum atomic E-state index is -4.65. The van der Waals surface area contributed by atoms with Crippen molar-refractivity contribution in [3.05, 3.63) is 35.1 Å². The Morgan fingerprint density at radius 2 is 1.69 bits per heavy atom. The van der Waals surface area contributed by atoms with Crippen LogP contribution in [0.4, 0.5) is 17.6 Å². The summed E-state index contributed by atoms with van der Waals surface area (Å²) in [6.07, 6.45) is -4.65. The number of aliphatic hydroxyl groups is 1. The van der Waals surface area contributed by atoms with E-state index in [-0.39, 0.29) is 12.1 Å². The van der Waals surface area contributed by atoms with Gasteiger partial charge in [-0.1, -0.05) is 0 Å². The van der Waals surface area contributed by atoms with Crippen LogP contribution in [0.15, 0.2) is 18.2 Å². The average molecular weight is 237 g/mol. The van der Waals surface area contributed by atoms with Crippen molar-refractivity contribution in [2.24, 2.45) is 5.73 Å². The first-order valence-corrected chi connectivity index (χ1v) is 4.47. The highest BCUT2D eigenvalue weighted by molar-refractivity contribution is 5.30. The van der Waals surface area contributed by atoms with Crippen molar-refractivity contribution in [1.29, 1.82) is 0 Å². The molecule has 0 bridgehead atoms. The van der Waals surface area contributed by atoms with Crippen molar-refractivity contribution in [2.45, 2.75) is 18.7 Å². The zero-order chi connectivity index (χ0) is 12.6. The molecule has 0 aliphatic carbocycles. The Labute approximate surface area is 89.7 Å². The maximum Gasteiger partial charge on any atom is 0.416 e. The van der Waals surface area contributed by atoms with Gasteiger partial charge in [0.2, 0.25) is 0 Å². The molecule has 0 heterocycles. The molecule has 0 aliphatic rings. The van der Waals surface area contributed by atoms with Crippen molar-refractivity contribution in [3.8, 4) is 0 Å². The van der Waals surface area contributed by atoms with Crippen LogP contribution in [0.25, 0.3) is 0 Å². The summed E-state index contributed by atoms with van der Waals surface area (Å²) in [7, 11) is 0. The largest absolute Gasteiger partial charge is 0.416 e. The van der Waals surface area contributed by atoms with Crippen molar-refractivity contribution >= 4 is 0 Å². The second kappa shape index (κ2) is 4.03. The van der Waals surface area contributed by atoms with Gasteiger partial charge in [0.05, 0.1) is 11.2 Å². The lowest BCUT2D eigenvalue weighted by Gasteiger charge is -2.22. The first kappa shape index (κ1) is 12.9. The van der Waals surface area contributed by atoms with Gasteiger partial charge in [0.25, 0.3) is 0 Å². The van der Waals surface area contributed by atoms with Crippen LogP contribution in [-0.2, 0) is 11.8 Å². The van der Waals surface area contributed by atoms with Gasteiger partial charge in [-0.2, -0.15) is 13.2 Å². The normalized spacial score (nSPS) is 15.9. The number of hydrogen-bond acceptors (Lipinski definition) is 2. The van der Waals surface area contributed by atoms with Crippen molar-refractivity contribution in [2.75, 3.05) is 6.54 Å². The Balaban J connectivity index is 3.29. The highest BCUT2D eigenvalue weighted by atomic mass is 19.4. The van der Waals surface area contributed by atoms with Crippen LogP contribution in [-0.4, -0.2) is 11.7 Å². The minimum absolute atomic E-state index is 0.192. The molecule has 2 nitrogen and oxygen atoms in total. The van der Waals surface area contributed by atoms with Crippen LogP contribution in [0.5, 0.6) is 0 Å². The fourth-order valence-electron chi connectivity index (χ4n) is 1.18. The number of benzene rings is 1. The maximum absolute atomic E-state index is 13.0. The van der Waals surface area contributed by atoms with Crippen LogP contribution in [0, 0.1) is 5.82 Å². The molecule has 1 aromatic carbocycles. The number of alkyl halides is 3. The molecule has 0 spiro atoms. The molecule has 0 aliphatic heterocycles. The van der Waals surface area contributed by atoms with E-state index in [0.717, 1.165) is 6.07 Å². The summed E-state index contributed by atoms with van der Waals surface area (Å²) >= 11 is 0. The molecule has 0 saturated heterocycles. The molecule has 0 radical (unpaired) electrons. The topological polar surface area (TPSA) is 46.2 Å². The molecule has 90 valence electrons. The van der Waals surface area contributed by atoms with E-state index in [9.17, 15) is 22.7 Å². The van der Waals surface area contributed by atoms with Gasteiger partial charge in [0.1, 0.15) is 5.82 Å². The van der Waals surface area contributed by atoms with Gasteiger partial charge in [-0.3, -0.25) is 0 Å². The summed E-state index contributed by atoms with van der Waals surface area (Å²) in [5, 5.41) is 9.65. The van der Waals surface area contributed by atoms with E-state index in [1.54, 1.807) is 0 Å². The van der Waals surface area contributed by atoms with E-state index in [0.29, 0.717) is 12.1 Å². The molecule has 1 aromatic rings. The quantitative estimate of drug-likeness (QED) is 0.773. The van der Waals surface area contributed by atoms with Gasteiger partial charge in [0, 0.05) is 6.54 Å². The lowest BCUT2D eigenvalue weighted by atomic mass is 9.94. The summed E-state index contributed by atoms with van der Waals surface area (Å²) in [6.45, 7) is 0.926. The van der Waals surface area contributed by atoms with Gasteiger partial charge in [-0.05, 0) is 30.7 Å². The third-order valence-corrected chi connectivity index (χ3v) is 2.24. The monoisotopic (exact) mass is 237 g/mol. The number of nitrogens with two attached hydrogens (primary N) is 1. The molecule has 6 heteroatoms. The molecule has 1 rings (SSSR count). The zero-order valence-electron chi connectivity index (χ0n) is 8.48. The highest BCUT2D eigenvalue weighted by Gasteiger charge is 2.33. The van der Waals surface area contributed by atoms with Crippen LogP contribution in [0.3, 0.4) is 0 Å². The summed E-state index contributed by atoms with van der Waals surface area (Å²) < 4.78 is 50.1. The van der Waals surface area contributed by atoms with Crippen LogP contribution >= 0.6 is 0 Å². The molecule has 0 fully saturated rings. The van der Waals surface area contributed by atoms with Crippen LogP contribution < -0.4 is 5.73 Å². The molecule has 1 unspecified atom stereocenters. The molecule has 0 saturated carbocycles. The standard InChI is InChI=1S/C10H11F4NO/c1-9(16,5-15)6-2-7(10(12,13)14)4-8(11)3-6/h2-4,16H,5,15H2,1H3. The number of hydrogen-bond donors (Lipinski definition) is 2. The Morgan fingerprint density at radius 1 is 1.19 bits per heavy atom. The van der Waals surface area contributed by atoms with E-state index in [1.807, 2.05) is 0 Å². The maximum atomic E-state index is 13.0. The first-order valence-electron chi connectivity index (χ1n) is 4.47. The Morgan fingerprint density at radius 3 is 2.12 bits per heavy atom. The number of halogens is 4. The second-order valence-corrected chi connectivity index (χ2v) is 3.70. The summed E-state index contributed by atoms with van der Waals surface area (Å²) in [4.78, 5) is 0. The molecule has 1 atom stereocenters. The minimum Gasteiger partial charge on any atom is -0.384 e. The summed E-state index contributed by atoms with van der Waals surface area (Å²) in [5.41, 5.74) is 2.18. The Hall–Kier alpha value is -1.14. The third kappa shape index (κ3) is 2.70. The predicted octanol–water partition coefficient (Wildman–Crippen LogP) is 2.01. The van der Waals surface area contributed by atoms with Crippen molar-refractivity contribution < 1.29 is 22.7 Å². The lowest BCUT2D eigenvalue weighted by molar-refractivity contribution is -0.137.